The summed E-state index contributed by atoms with van der Waals surface area (Å²) in [6.45, 7) is 3.47. The van der Waals surface area contributed by atoms with Gasteiger partial charge in [-0.05, 0) is 48.6 Å². The standard InChI is InChI=1S/C21H24N2O2S/c1-16(11-19-6-4-10-26-19)23-14-17-7-8-20(24-2)21(12-17)25-15-18-5-3-9-22-13-18/h3-10,12-13,16,23H,11,14-15H2,1-2H3. The van der Waals surface area contributed by atoms with Gasteiger partial charge < -0.3 is 14.8 Å². The van der Waals surface area contributed by atoms with E-state index >= 15 is 0 Å². The normalized spacial score (nSPS) is 11.9. The van der Waals surface area contributed by atoms with E-state index in [1.54, 1.807) is 24.6 Å². The molecule has 0 aliphatic rings. The Morgan fingerprint density at radius 3 is 2.77 bits per heavy atom. The number of hydrogen-bond donors (Lipinski definition) is 1. The van der Waals surface area contributed by atoms with Gasteiger partial charge in [-0.25, -0.2) is 0 Å². The van der Waals surface area contributed by atoms with E-state index in [0.717, 1.165) is 30.0 Å². The number of ether oxygens (including phenoxy) is 2. The van der Waals surface area contributed by atoms with E-state index < -0.39 is 0 Å². The number of methoxy groups -OCH3 is 1. The van der Waals surface area contributed by atoms with E-state index in [9.17, 15) is 0 Å². The highest BCUT2D eigenvalue weighted by Crippen LogP contribution is 2.29. The molecule has 2 aromatic heterocycles. The molecule has 0 aliphatic carbocycles. The number of hydrogen-bond acceptors (Lipinski definition) is 5. The van der Waals surface area contributed by atoms with Gasteiger partial charge in [0.2, 0.25) is 0 Å². The van der Waals surface area contributed by atoms with Crippen molar-refractivity contribution >= 4 is 11.3 Å². The second-order valence-corrected chi connectivity index (χ2v) is 7.23. The molecule has 1 aromatic carbocycles. The first kappa shape index (κ1) is 18.4. The number of nitrogens with zero attached hydrogens (tertiary/aromatic N) is 1. The molecule has 3 rings (SSSR count). The summed E-state index contributed by atoms with van der Waals surface area (Å²) in [5.74, 6) is 1.49. The Kier molecular flexibility index (Phi) is 6.63. The minimum Gasteiger partial charge on any atom is -0.493 e. The van der Waals surface area contributed by atoms with E-state index in [-0.39, 0.29) is 0 Å². The maximum atomic E-state index is 5.96. The van der Waals surface area contributed by atoms with Gasteiger partial charge >= 0.3 is 0 Å². The third kappa shape index (κ3) is 5.31. The molecule has 1 N–H and O–H groups in total. The molecule has 2 heterocycles. The highest BCUT2D eigenvalue weighted by Gasteiger charge is 2.08. The number of aromatic nitrogens is 1. The predicted molar refractivity (Wildman–Crippen MR) is 106 cm³/mol. The van der Waals surface area contributed by atoms with Crippen LogP contribution in [0.2, 0.25) is 0 Å². The SMILES string of the molecule is COc1ccc(CNC(C)Cc2cccs2)cc1OCc1cccnc1. The molecule has 4 nitrogen and oxygen atoms in total. The monoisotopic (exact) mass is 368 g/mol. The van der Waals surface area contributed by atoms with E-state index in [2.05, 4.69) is 40.8 Å². The lowest BCUT2D eigenvalue weighted by molar-refractivity contribution is 0.283. The van der Waals surface area contributed by atoms with Crippen LogP contribution in [0, 0.1) is 0 Å². The largest absolute Gasteiger partial charge is 0.493 e. The molecule has 0 saturated heterocycles. The van der Waals surface area contributed by atoms with Gasteiger partial charge in [0.15, 0.2) is 11.5 Å². The third-order valence-corrected chi connectivity index (χ3v) is 4.99. The molecule has 136 valence electrons. The van der Waals surface area contributed by atoms with Crippen molar-refractivity contribution in [3.63, 3.8) is 0 Å². The summed E-state index contributed by atoms with van der Waals surface area (Å²) in [4.78, 5) is 5.52. The molecular formula is C21H24N2O2S. The van der Waals surface area contributed by atoms with Gasteiger partial charge in [0.1, 0.15) is 6.61 Å². The second kappa shape index (κ2) is 9.36. The van der Waals surface area contributed by atoms with Crippen LogP contribution < -0.4 is 14.8 Å². The zero-order valence-corrected chi connectivity index (χ0v) is 16.0. The second-order valence-electron chi connectivity index (χ2n) is 6.20. The lowest BCUT2D eigenvalue weighted by atomic mass is 10.1. The Hall–Kier alpha value is -2.37. The van der Waals surface area contributed by atoms with Crippen LogP contribution in [0.1, 0.15) is 22.9 Å². The van der Waals surface area contributed by atoms with Gasteiger partial charge in [0, 0.05) is 35.4 Å². The summed E-state index contributed by atoms with van der Waals surface area (Å²) in [6, 6.07) is 14.7. The molecule has 1 atom stereocenters. The van der Waals surface area contributed by atoms with Gasteiger partial charge in [0.05, 0.1) is 7.11 Å². The van der Waals surface area contributed by atoms with E-state index in [4.69, 9.17) is 9.47 Å². The summed E-state index contributed by atoms with van der Waals surface area (Å²) in [5, 5.41) is 5.70. The summed E-state index contributed by atoms with van der Waals surface area (Å²) in [7, 11) is 1.66. The number of nitrogens with one attached hydrogen (secondary N) is 1. The quantitative estimate of drug-likeness (QED) is 0.606. The molecule has 26 heavy (non-hydrogen) atoms. The van der Waals surface area contributed by atoms with Crippen LogP contribution in [0.3, 0.4) is 0 Å². The average Bonchev–Trinajstić information content (AvgIpc) is 3.18. The maximum Gasteiger partial charge on any atom is 0.161 e. The molecule has 3 aromatic rings. The minimum atomic E-state index is 0.413. The maximum absolute atomic E-state index is 5.96. The molecule has 1 unspecified atom stereocenters. The van der Waals surface area contributed by atoms with Crippen LogP contribution in [0.5, 0.6) is 11.5 Å². The van der Waals surface area contributed by atoms with E-state index in [1.807, 2.05) is 30.5 Å². The van der Waals surface area contributed by atoms with Crippen molar-refractivity contribution in [1.29, 1.82) is 0 Å². The highest BCUT2D eigenvalue weighted by molar-refractivity contribution is 7.09. The summed E-state index contributed by atoms with van der Waals surface area (Å²) in [6.07, 6.45) is 4.61. The smallest absolute Gasteiger partial charge is 0.161 e. The minimum absolute atomic E-state index is 0.413. The Labute approximate surface area is 158 Å². The Morgan fingerprint density at radius 1 is 1.12 bits per heavy atom. The number of rotatable bonds is 9. The molecule has 0 bridgehead atoms. The average molecular weight is 369 g/mol. The molecule has 0 saturated carbocycles. The van der Waals surface area contributed by atoms with Gasteiger partial charge in [0.25, 0.3) is 0 Å². The zero-order valence-electron chi connectivity index (χ0n) is 15.1. The Morgan fingerprint density at radius 2 is 2.04 bits per heavy atom. The van der Waals surface area contributed by atoms with Crippen LogP contribution in [0.4, 0.5) is 0 Å². The molecule has 5 heteroatoms. The Balaban J connectivity index is 1.59. The van der Waals surface area contributed by atoms with Crippen molar-refractivity contribution in [3.8, 4) is 11.5 Å². The van der Waals surface area contributed by atoms with Crippen molar-refractivity contribution in [1.82, 2.24) is 10.3 Å². The molecule has 0 radical (unpaired) electrons. The molecular weight excluding hydrogens is 344 g/mol. The zero-order chi connectivity index (χ0) is 18.2. The summed E-state index contributed by atoms with van der Waals surface area (Å²) < 4.78 is 11.4. The van der Waals surface area contributed by atoms with Gasteiger partial charge in [-0.15, -0.1) is 11.3 Å². The number of thiophene rings is 1. The van der Waals surface area contributed by atoms with E-state index in [1.165, 1.54) is 10.4 Å². The molecule has 0 aliphatic heterocycles. The third-order valence-electron chi connectivity index (χ3n) is 4.09. The van der Waals surface area contributed by atoms with Crippen molar-refractivity contribution in [2.45, 2.75) is 32.5 Å². The first-order chi connectivity index (χ1) is 12.7. The molecule has 0 fully saturated rings. The van der Waals surface area contributed by atoms with Crippen molar-refractivity contribution in [3.05, 3.63) is 76.2 Å². The van der Waals surface area contributed by atoms with Gasteiger partial charge in [-0.2, -0.15) is 0 Å². The van der Waals surface area contributed by atoms with Crippen LogP contribution in [-0.4, -0.2) is 18.1 Å². The summed E-state index contributed by atoms with van der Waals surface area (Å²) >= 11 is 1.80. The van der Waals surface area contributed by atoms with Crippen molar-refractivity contribution in [2.75, 3.05) is 7.11 Å². The molecule has 0 spiro atoms. The first-order valence-corrected chi connectivity index (χ1v) is 9.57. The van der Waals surface area contributed by atoms with Crippen LogP contribution in [0.15, 0.2) is 60.2 Å². The lowest BCUT2D eigenvalue weighted by Gasteiger charge is -2.15. The van der Waals surface area contributed by atoms with Crippen molar-refractivity contribution in [2.24, 2.45) is 0 Å². The van der Waals surface area contributed by atoms with Gasteiger partial charge in [-0.1, -0.05) is 18.2 Å². The fraction of sp³-hybridized carbons (Fsp3) is 0.286. The predicted octanol–water partition coefficient (Wildman–Crippen LogP) is 4.45. The first-order valence-electron chi connectivity index (χ1n) is 8.69. The number of pyridine rings is 1. The number of benzene rings is 1. The molecule has 0 amide bonds. The lowest BCUT2D eigenvalue weighted by Crippen LogP contribution is -2.27. The van der Waals surface area contributed by atoms with Crippen molar-refractivity contribution < 1.29 is 9.47 Å². The van der Waals surface area contributed by atoms with Crippen LogP contribution >= 0.6 is 11.3 Å². The fourth-order valence-electron chi connectivity index (χ4n) is 2.68. The van der Waals surface area contributed by atoms with Crippen LogP contribution in [-0.2, 0) is 19.6 Å². The summed E-state index contributed by atoms with van der Waals surface area (Å²) in [5.41, 5.74) is 2.20. The topological polar surface area (TPSA) is 43.4 Å². The van der Waals surface area contributed by atoms with Gasteiger partial charge in [-0.3, -0.25) is 4.98 Å². The van der Waals surface area contributed by atoms with Crippen LogP contribution in [0.25, 0.3) is 0 Å². The fourth-order valence-corrected chi connectivity index (χ4v) is 3.52. The highest BCUT2D eigenvalue weighted by atomic mass is 32.1. The van der Waals surface area contributed by atoms with E-state index in [0.29, 0.717) is 12.6 Å². The Bertz CT molecular complexity index is 791.